The first-order valence-electron chi connectivity index (χ1n) is 8.65. The van der Waals surface area contributed by atoms with Gasteiger partial charge in [-0.2, -0.15) is 13.2 Å². The van der Waals surface area contributed by atoms with Crippen LogP contribution in [-0.2, 0) is 10.2 Å². The van der Waals surface area contributed by atoms with Crippen molar-refractivity contribution in [2.75, 3.05) is 19.6 Å². The maximum Gasteiger partial charge on any atom is 0.401 e. The number of likely N-dealkylation sites (tertiary alicyclic amines) is 1. The molecule has 0 unspecified atom stereocenters. The van der Waals surface area contributed by atoms with Crippen LogP contribution in [-0.4, -0.2) is 42.7 Å². The van der Waals surface area contributed by atoms with E-state index in [9.17, 15) is 18.0 Å². The van der Waals surface area contributed by atoms with Gasteiger partial charge in [0.25, 0.3) is 0 Å². The summed E-state index contributed by atoms with van der Waals surface area (Å²) in [6, 6.07) is 7.12. The van der Waals surface area contributed by atoms with E-state index >= 15 is 0 Å². The topological polar surface area (TPSA) is 32.3 Å². The van der Waals surface area contributed by atoms with Crippen molar-refractivity contribution >= 4 is 17.5 Å². The molecule has 7 heteroatoms. The van der Waals surface area contributed by atoms with E-state index < -0.39 is 18.1 Å². The molecule has 1 aliphatic carbocycles. The maximum atomic E-state index is 13.0. The van der Waals surface area contributed by atoms with Crippen LogP contribution in [0.25, 0.3) is 0 Å². The lowest BCUT2D eigenvalue weighted by atomic mass is 9.78. The highest BCUT2D eigenvalue weighted by molar-refractivity contribution is 6.30. The van der Waals surface area contributed by atoms with Gasteiger partial charge in [-0.1, -0.05) is 36.6 Å². The first-order chi connectivity index (χ1) is 11.8. The fourth-order valence-electron chi connectivity index (χ4n) is 4.07. The van der Waals surface area contributed by atoms with Gasteiger partial charge in [0.2, 0.25) is 5.91 Å². The lowest BCUT2D eigenvalue weighted by Crippen LogP contribution is -2.48. The van der Waals surface area contributed by atoms with Crippen molar-refractivity contribution in [3.05, 3.63) is 34.9 Å². The van der Waals surface area contributed by atoms with Gasteiger partial charge in [-0.05, 0) is 37.0 Å². The molecule has 0 radical (unpaired) electrons. The van der Waals surface area contributed by atoms with Crippen LogP contribution in [0.1, 0.15) is 37.7 Å². The molecule has 0 aromatic heterocycles. The highest BCUT2D eigenvalue weighted by Gasteiger charge is 2.44. The molecule has 1 N–H and O–H groups in total. The Balaban J connectivity index is 1.67. The van der Waals surface area contributed by atoms with E-state index in [1.807, 2.05) is 12.1 Å². The van der Waals surface area contributed by atoms with Crippen LogP contribution in [0.4, 0.5) is 13.2 Å². The minimum absolute atomic E-state index is 0.0637. The molecule has 1 aromatic rings. The predicted octanol–water partition coefficient (Wildman–Crippen LogP) is 3.90. The highest BCUT2D eigenvalue weighted by atomic mass is 35.5. The smallest absolute Gasteiger partial charge is 0.351 e. The van der Waals surface area contributed by atoms with Gasteiger partial charge in [-0.25, -0.2) is 0 Å². The highest BCUT2D eigenvalue weighted by Crippen LogP contribution is 2.42. The quantitative estimate of drug-likeness (QED) is 0.866. The number of benzene rings is 1. The van der Waals surface area contributed by atoms with Crippen molar-refractivity contribution in [1.82, 2.24) is 10.2 Å². The normalized spacial score (nSPS) is 23.8. The number of amides is 1. The zero-order valence-corrected chi connectivity index (χ0v) is 14.7. The number of nitrogens with one attached hydrogen (secondary N) is 1. The third-order valence-electron chi connectivity index (χ3n) is 5.30. The number of carbonyl (C=O) groups is 1. The first-order valence-corrected chi connectivity index (χ1v) is 9.02. The van der Waals surface area contributed by atoms with E-state index in [1.54, 1.807) is 12.1 Å². The molecule has 2 fully saturated rings. The Kier molecular flexibility index (Phi) is 5.30. The van der Waals surface area contributed by atoms with Gasteiger partial charge in [0.1, 0.15) is 0 Å². The fourth-order valence-corrected chi connectivity index (χ4v) is 4.19. The standard InChI is InChI=1S/C18H22ClF3N2O/c19-14-5-3-13(4-6-14)17(8-1-2-9-17)16(25)23-15-7-10-24(11-15)12-18(20,21)22/h3-6,15H,1-2,7-12H2,(H,23,25)/t15-/m0/s1. The molecule has 3 nitrogen and oxygen atoms in total. The summed E-state index contributed by atoms with van der Waals surface area (Å²) in [4.78, 5) is 14.4. The van der Waals surface area contributed by atoms with Crippen molar-refractivity contribution in [2.45, 2.75) is 49.7 Å². The third kappa shape index (κ3) is 4.29. The van der Waals surface area contributed by atoms with Crippen LogP contribution in [0.15, 0.2) is 24.3 Å². The molecule has 1 atom stereocenters. The van der Waals surface area contributed by atoms with E-state index in [4.69, 9.17) is 11.6 Å². The molecule has 0 spiro atoms. The minimum atomic E-state index is -4.20. The second-order valence-corrected chi connectivity index (χ2v) is 7.54. The molecular weight excluding hydrogens is 353 g/mol. The monoisotopic (exact) mass is 374 g/mol. The number of hydrogen-bond donors (Lipinski definition) is 1. The Labute approximate surface area is 150 Å². The maximum absolute atomic E-state index is 13.0. The van der Waals surface area contributed by atoms with Crippen LogP contribution < -0.4 is 5.32 Å². The second-order valence-electron chi connectivity index (χ2n) is 7.11. The van der Waals surface area contributed by atoms with Gasteiger partial charge >= 0.3 is 6.18 Å². The molecule has 1 aromatic carbocycles. The molecule has 1 amide bonds. The summed E-state index contributed by atoms with van der Waals surface area (Å²) in [5.74, 6) is -0.0637. The van der Waals surface area contributed by atoms with Gasteiger partial charge < -0.3 is 5.32 Å². The van der Waals surface area contributed by atoms with E-state index in [1.165, 1.54) is 4.90 Å². The fraction of sp³-hybridized carbons (Fsp3) is 0.611. The lowest BCUT2D eigenvalue weighted by Gasteiger charge is -2.30. The summed E-state index contributed by atoms with van der Waals surface area (Å²) in [6.45, 7) is -0.304. The summed E-state index contributed by atoms with van der Waals surface area (Å²) in [7, 11) is 0. The molecule has 3 rings (SSSR count). The Morgan fingerprint density at radius 3 is 2.48 bits per heavy atom. The average molecular weight is 375 g/mol. The SMILES string of the molecule is O=C(N[C@H]1CCN(CC(F)(F)F)C1)C1(c2ccc(Cl)cc2)CCCC1. The number of nitrogens with zero attached hydrogens (tertiary/aromatic N) is 1. The molecule has 0 bridgehead atoms. The van der Waals surface area contributed by atoms with Gasteiger partial charge in [0.15, 0.2) is 0 Å². The molecule has 1 saturated carbocycles. The van der Waals surface area contributed by atoms with E-state index in [0.717, 1.165) is 31.2 Å². The first kappa shape index (κ1) is 18.5. The zero-order chi connectivity index (χ0) is 18.1. The van der Waals surface area contributed by atoms with Crippen molar-refractivity contribution in [1.29, 1.82) is 0 Å². The van der Waals surface area contributed by atoms with Crippen LogP contribution >= 0.6 is 11.6 Å². The van der Waals surface area contributed by atoms with Crippen molar-refractivity contribution in [3.63, 3.8) is 0 Å². The lowest BCUT2D eigenvalue weighted by molar-refractivity contribution is -0.143. The van der Waals surface area contributed by atoms with Crippen LogP contribution in [0.2, 0.25) is 5.02 Å². The zero-order valence-electron chi connectivity index (χ0n) is 13.9. The molecule has 1 heterocycles. The Morgan fingerprint density at radius 2 is 1.88 bits per heavy atom. The minimum Gasteiger partial charge on any atom is -0.351 e. The van der Waals surface area contributed by atoms with Gasteiger partial charge in [0, 0.05) is 24.2 Å². The average Bonchev–Trinajstić information content (AvgIpc) is 3.17. The summed E-state index contributed by atoms with van der Waals surface area (Å²) in [5, 5.41) is 3.63. The summed E-state index contributed by atoms with van der Waals surface area (Å²) >= 11 is 5.95. The van der Waals surface area contributed by atoms with Crippen LogP contribution in [0.3, 0.4) is 0 Å². The summed E-state index contributed by atoms with van der Waals surface area (Å²) in [5.41, 5.74) is 0.360. The Morgan fingerprint density at radius 1 is 1.24 bits per heavy atom. The van der Waals surface area contributed by atoms with E-state index in [0.29, 0.717) is 18.0 Å². The number of rotatable bonds is 4. The van der Waals surface area contributed by atoms with Crippen molar-refractivity contribution in [2.24, 2.45) is 0 Å². The van der Waals surface area contributed by atoms with Gasteiger partial charge in [-0.15, -0.1) is 0 Å². The summed E-state index contributed by atoms with van der Waals surface area (Å²) < 4.78 is 37.6. The molecule has 25 heavy (non-hydrogen) atoms. The largest absolute Gasteiger partial charge is 0.401 e. The van der Waals surface area contributed by atoms with Gasteiger partial charge in [-0.3, -0.25) is 9.69 Å². The van der Waals surface area contributed by atoms with Crippen molar-refractivity contribution in [3.8, 4) is 0 Å². The van der Waals surface area contributed by atoms with E-state index in [2.05, 4.69) is 5.32 Å². The molecule has 2 aliphatic rings. The van der Waals surface area contributed by atoms with Gasteiger partial charge in [0.05, 0.1) is 12.0 Å². The second kappa shape index (κ2) is 7.16. The Bertz CT molecular complexity index is 612. The number of halogens is 4. The number of hydrogen-bond acceptors (Lipinski definition) is 2. The molecule has 1 aliphatic heterocycles. The number of carbonyl (C=O) groups excluding carboxylic acids is 1. The number of alkyl halides is 3. The predicted molar refractivity (Wildman–Crippen MR) is 90.6 cm³/mol. The third-order valence-corrected chi connectivity index (χ3v) is 5.55. The van der Waals surface area contributed by atoms with Crippen LogP contribution in [0.5, 0.6) is 0 Å². The summed E-state index contributed by atoms with van der Waals surface area (Å²) in [6.07, 6.45) is -0.172. The Hall–Kier alpha value is -1.27. The van der Waals surface area contributed by atoms with Crippen LogP contribution in [0, 0.1) is 0 Å². The molecule has 1 saturated heterocycles. The van der Waals surface area contributed by atoms with E-state index in [-0.39, 0.29) is 18.5 Å². The van der Waals surface area contributed by atoms with Crippen molar-refractivity contribution < 1.29 is 18.0 Å². The molecule has 138 valence electrons. The molecular formula is C18H22ClF3N2O.